The van der Waals surface area contributed by atoms with Crippen LogP contribution < -0.4 is 5.32 Å². The van der Waals surface area contributed by atoms with Gasteiger partial charge in [-0.15, -0.1) is 0 Å². The molecule has 17 heavy (non-hydrogen) atoms. The summed E-state index contributed by atoms with van der Waals surface area (Å²) in [5.41, 5.74) is 1.36. The normalized spacial score (nSPS) is 17.3. The van der Waals surface area contributed by atoms with E-state index in [1.165, 1.54) is 44.3 Å². The molecule has 0 aliphatic heterocycles. The zero-order chi connectivity index (χ0) is 12.1. The van der Waals surface area contributed by atoms with Crippen molar-refractivity contribution >= 4 is 0 Å². The van der Waals surface area contributed by atoms with E-state index in [-0.39, 0.29) is 0 Å². The molecule has 0 amide bonds. The van der Waals surface area contributed by atoms with E-state index in [0.29, 0.717) is 0 Å². The standard InChI is InChI=1S/C14H25N3/c1-3-10-15-14(12-7-8-12)6-4-5-13-9-11-16-17(13)2/h9,11-12,14-15H,3-8,10H2,1-2H3. The first-order valence-electron chi connectivity index (χ1n) is 7.01. The molecule has 2 rings (SSSR count). The maximum absolute atomic E-state index is 4.21. The number of aryl methyl sites for hydroxylation is 2. The number of aromatic nitrogens is 2. The Morgan fingerprint density at radius 1 is 1.53 bits per heavy atom. The largest absolute Gasteiger partial charge is 0.314 e. The number of nitrogens with one attached hydrogen (secondary N) is 1. The molecule has 0 radical (unpaired) electrons. The van der Waals surface area contributed by atoms with Crippen LogP contribution in [0.15, 0.2) is 12.3 Å². The van der Waals surface area contributed by atoms with E-state index >= 15 is 0 Å². The lowest BCUT2D eigenvalue weighted by molar-refractivity contribution is 0.423. The summed E-state index contributed by atoms with van der Waals surface area (Å²) in [6, 6.07) is 2.90. The Morgan fingerprint density at radius 3 is 2.94 bits per heavy atom. The van der Waals surface area contributed by atoms with E-state index < -0.39 is 0 Å². The van der Waals surface area contributed by atoms with Crippen LogP contribution in [0.1, 0.15) is 44.7 Å². The van der Waals surface area contributed by atoms with Gasteiger partial charge in [-0.1, -0.05) is 6.92 Å². The van der Waals surface area contributed by atoms with Crippen molar-refractivity contribution in [3.05, 3.63) is 18.0 Å². The van der Waals surface area contributed by atoms with Crippen molar-refractivity contribution in [1.82, 2.24) is 15.1 Å². The smallest absolute Gasteiger partial charge is 0.0492 e. The number of nitrogens with zero attached hydrogens (tertiary/aromatic N) is 2. The fourth-order valence-electron chi connectivity index (χ4n) is 2.48. The van der Waals surface area contributed by atoms with E-state index in [9.17, 15) is 0 Å². The molecular weight excluding hydrogens is 210 g/mol. The predicted molar refractivity (Wildman–Crippen MR) is 71.0 cm³/mol. The predicted octanol–water partition coefficient (Wildman–Crippen LogP) is 2.52. The number of rotatable bonds is 8. The molecule has 0 spiro atoms. The van der Waals surface area contributed by atoms with Crippen LogP contribution in [0, 0.1) is 5.92 Å². The number of hydrogen-bond donors (Lipinski definition) is 1. The molecule has 1 heterocycles. The van der Waals surface area contributed by atoms with Crippen molar-refractivity contribution < 1.29 is 0 Å². The molecule has 1 aliphatic rings. The topological polar surface area (TPSA) is 29.9 Å². The maximum atomic E-state index is 4.21. The monoisotopic (exact) mass is 235 g/mol. The summed E-state index contributed by atoms with van der Waals surface area (Å²) in [6.07, 6.45) is 9.76. The molecule has 1 fully saturated rings. The van der Waals surface area contributed by atoms with Crippen molar-refractivity contribution in [3.63, 3.8) is 0 Å². The summed E-state index contributed by atoms with van der Waals surface area (Å²) >= 11 is 0. The molecule has 1 saturated carbocycles. The average Bonchev–Trinajstić information content (AvgIpc) is 3.09. The van der Waals surface area contributed by atoms with Crippen LogP contribution in [-0.2, 0) is 13.5 Å². The van der Waals surface area contributed by atoms with Gasteiger partial charge in [-0.2, -0.15) is 5.10 Å². The first-order valence-corrected chi connectivity index (χ1v) is 7.01. The van der Waals surface area contributed by atoms with Gasteiger partial charge in [-0.05, 0) is 57.1 Å². The van der Waals surface area contributed by atoms with Crippen molar-refractivity contribution in [2.24, 2.45) is 13.0 Å². The molecule has 1 aromatic heterocycles. The van der Waals surface area contributed by atoms with E-state index in [1.54, 1.807) is 0 Å². The second-order valence-corrected chi connectivity index (χ2v) is 5.24. The zero-order valence-electron chi connectivity index (χ0n) is 11.2. The summed E-state index contributed by atoms with van der Waals surface area (Å²) in [5, 5.41) is 7.92. The van der Waals surface area contributed by atoms with Gasteiger partial charge in [0.2, 0.25) is 0 Å². The summed E-state index contributed by atoms with van der Waals surface area (Å²) in [5.74, 6) is 0.966. The summed E-state index contributed by atoms with van der Waals surface area (Å²) in [7, 11) is 2.03. The van der Waals surface area contributed by atoms with E-state index in [1.807, 2.05) is 17.9 Å². The minimum absolute atomic E-state index is 0.767. The summed E-state index contributed by atoms with van der Waals surface area (Å²) in [6.45, 7) is 3.42. The highest BCUT2D eigenvalue weighted by Crippen LogP contribution is 2.34. The van der Waals surface area contributed by atoms with Gasteiger partial charge in [-0.25, -0.2) is 0 Å². The molecule has 1 unspecified atom stereocenters. The Balaban J connectivity index is 1.70. The Hall–Kier alpha value is -0.830. The molecule has 96 valence electrons. The second kappa shape index (κ2) is 6.20. The summed E-state index contributed by atoms with van der Waals surface area (Å²) in [4.78, 5) is 0. The highest BCUT2D eigenvalue weighted by atomic mass is 15.2. The van der Waals surface area contributed by atoms with Gasteiger partial charge >= 0.3 is 0 Å². The molecule has 0 bridgehead atoms. The lowest BCUT2D eigenvalue weighted by atomic mass is 10.0. The molecule has 1 aromatic rings. The third-order valence-electron chi connectivity index (χ3n) is 3.72. The third-order valence-corrected chi connectivity index (χ3v) is 3.72. The van der Waals surface area contributed by atoms with Crippen LogP contribution in [0.2, 0.25) is 0 Å². The second-order valence-electron chi connectivity index (χ2n) is 5.24. The highest BCUT2D eigenvalue weighted by Gasteiger charge is 2.30. The first kappa shape index (κ1) is 12.6. The fourth-order valence-corrected chi connectivity index (χ4v) is 2.48. The Bertz CT molecular complexity index is 328. The van der Waals surface area contributed by atoms with Gasteiger partial charge < -0.3 is 5.32 Å². The van der Waals surface area contributed by atoms with Crippen molar-refractivity contribution in [2.75, 3.05) is 6.54 Å². The van der Waals surface area contributed by atoms with Gasteiger partial charge in [0, 0.05) is 25.0 Å². The first-order chi connectivity index (χ1) is 8.31. The van der Waals surface area contributed by atoms with Crippen molar-refractivity contribution in [1.29, 1.82) is 0 Å². The SMILES string of the molecule is CCCNC(CCCc1ccnn1C)C1CC1. The molecule has 0 saturated heterocycles. The summed E-state index contributed by atoms with van der Waals surface area (Å²) < 4.78 is 1.99. The molecule has 1 N–H and O–H groups in total. The van der Waals surface area contributed by atoms with Gasteiger partial charge in [-0.3, -0.25) is 4.68 Å². The molecule has 0 aromatic carbocycles. The highest BCUT2D eigenvalue weighted by molar-refractivity contribution is 5.00. The van der Waals surface area contributed by atoms with Gasteiger partial charge in [0.15, 0.2) is 0 Å². The quantitative estimate of drug-likeness (QED) is 0.750. The third kappa shape index (κ3) is 3.84. The average molecular weight is 235 g/mol. The van der Waals surface area contributed by atoms with Gasteiger partial charge in [0.05, 0.1) is 0 Å². The zero-order valence-corrected chi connectivity index (χ0v) is 11.2. The number of hydrogen-bond acceptors (Lipinski definition) is 2. The van der Waals surface area contributed by atoms with E-state index in [0.717, 1.165) is 18.4 Å². The Kier molecular flexibility index (Phi) is 4.60. The molecular formula is C14H25N3. The Morgan fingerprint density at radius 2 is 2.35 bits per heavy atom. The van der Waals surface area contributed by atoms with Crippen LogP contribution >= 0.6 is 0 Å². The van der Waals surface area contributed by atoms with Crippen molar-refractivity contribution in [3.8, 4) is 0 Å². The molecule has 3 heteroatoms. The van der Waals surface area contributed by atoms with Crippen LogP contribution in [0.4, 0.5) is 0 Å². The Labute approximate surface area is 105 Å². The van der Waals surface area contributed by atoms with Gasteiger partial charge in [0.1, 0.15) is 0 Å². The van der Waals surface area contributed by atoms with E-state index in [2.05, 4.69) is 23.4 Å². The minimum atomic E-state index is 0.767. The van der Waals surface area contributed by atoms with Gasteiger partial charge in [0.25, 0.3) is 0 Å². The van der Waals surface area contributed by atoms with Crippen LogP contribution in [0.5, 0.6) is 0 Å². The van der Waals surface area contributed by atoms with E-state index in [4.69, 9.17) is 0 Å². The van der Waals surface area contributed by atoms with Crippen LogP contribution in [-0.4, -0.2) is 22.4 Å². The van der Waals surface area contributed by atoms with Crippen LogP contribution in [0.3, 0.4) is 0 Å². The van der Waals surface area contributed by atoms with Crippen molar-refractivity contribution in [2.45, 2.75) is 51.5 Å². The molecule has 1 atom stereocenters. The van der Waals surface area contributed by atoms with Crippen LogP contribution in [0.25, 0.3) is 0 Å². The fraction of sp³-hybridized carbons (Fsp3) is 0.786. The minimum Gasteiger partial charge on any atom is -0.314 e. The maximum Gasteiger partial charge on any atom is 0.0492 e. The lowest BCUT2D eigenvalue weighted by Crippen LogP contribution is -2.31. The molecule has 1 aliphatic carbocycles. The molecule has 3 nitrogen and oxygen atoms in total. The lowest BCUT2D eigenvalue weighted by Gasteiger charge is -2.17.